The van der Waals surface area contributed by atoms with E-state index < -0.39 is 0 Å². The number of benzene rings is 1. The largest absolute Gasteiger partial charge is 0.337 e. The van der Waals surface area contributed by atoms with Crippen LogP contribution in [0.5, 0.6) is 0 Å². The lowest BCUT2D eigenvalue weighted by atomic mass is 9.89. The molecule has 0 bridgehead atoms. The number of nitrogens with zero attached hydrogens (tertiary/aromatic N) is 1. The van der Waals surface area contributed by atoms with Crippen LogP contribution in [-0.2, 0) is 4.79 Å². The number of piperidine rings is 1. The number of fused-ring (bicyclic) bond motifs is 3. The van der Waals surface area contributed by atoms with Crippen LogP contribution in [0.15, 0.2) is 18.2 Å². The molecule has 108 valence electrons. The van der Waals surface area contributed by atoms with Crippen molar-refractivity contribution in [2.75, 3.05) is 25.0 Å². The molecule has 1 aromatic carbocycles. The van der Waals surface area contributed by atoms with Crippen molar-refractivity contribution in [1.82, 2.24) is 0 Å². The first kappa shape index (κ1) is 13.6. The van der Waals surface area contributed by atoms with Crippen LogP contribution in [-0.4, -0.2) is 32.1 Å². The van der Waals surface area contributed by atoms with E-state index in [-0.39, 0.29) is 0 Å². The van der Waals surface area contributed by atoms with Gasteiger partial charge in [0, 0.05) is 18.5 Å². The van der Waals surface area contributed by atoms with Crippen LogP contribution in [0.3, 0.4) is 0 Å². The third-order valence-corrected chi connectivity index (χ3v) is 4.81. The monoisotopic (exact) mass is 273 g/mol. The molecule has 1 N–H and O–H groups in total. The highest BCUT2D eigenvalue weighted by atomic mass is 16.2. The SMILES string of the molecule is CCCC(=O)N1c2ccc(C)cc2[C@@H]2C[NH+](C)CC[C@@H]21. The van der Waals surface area contributed by atoms with E-state index in [0.29, 0.717) is 24.3 Å². The third-order valence-electron chi connectivity index (χ3n) is 4.81. The molecule has 1 fully saturated rings. The Labute approximate surface area is 121 Å². The first-order chi connectivity index (χ1) is 9.61. The van der Waals surface area contributed by atoms with Crippen LogP contribution in [0, 0.1) is 6.92 Å². The summed E-state index contributed by atoms with van der Waals surface area (Å²) in [6, 6.07) is 6.99. The number of anilines is 1. The zero-order chi connectivity index (χ0) is 14.3. The number of quaternary nitrogens is 1. The zero-order valence-electron chi connectivity index (χ0n) is 12.8. The van der Waals surface area contributed by atoms with Gasteiger partial charge in [-0.2, -0.15) is 0 Å². The smallest absolute Gasteiger partial charge is 0.227 e. The quantitative estimate of drug-likeness (QED) is 0.868. The number of amides is 1. The van der Waals surface area contributed by atoms with Gasteiger partial charge in [0.05, 0.1) is 32.1 Å². The van der Waals surface area contributed by atoms with Crippen molar-refractivity contribution in [3.8, 4) is 0 Å². The number of hydrogen-bond donors (Lipinski definition) is 1. The molecule has 1 amide bonds. The summed E-state index contributed by atoms with van der Waals surface area (Å²) in [5.41, 5.74) is 3.88. The number of carbonyl (C=O) groups is 1. The van der Waals surface area contributed by atoms with Crippen molar-refractivity contribution in [3.63, 3.8) is 0 Å². The summed E-state index contributed by atoms with van der Waals surface area (Å²) >= 11 is 0. The van der Waals surface area contributed by atoms with E-state index in [2.05, 4.69) is 44.0 Å². The molecule has 0 radical (unpaired) electrons. The van der Waals surface area contributed by atoms with Gasteiger partial charge in [-0.3, -0.25) is 4.79 Å². The molecule has 0 aromatic heterocycles. The second-order valence-corrected chi connectivity index (χ2v) is 6.45. The molecule has 2 aliphatic heterocycles. The standard InChI is InChI=1S/C17H24N2O/c1-4-5-17(20)19-15-7-6-12(2)10-13(15)14-11-18(3)9-8-16(14)19/h6-7,10,14,16H,4-5,8-9,11H2,1-3H3/p+1/t14-,16-/m0/s1. The maximum atomic E-state index is 12.5. The minimum absolute atomic E-state index is 0.310. The second kappa shape index (κ2) is 5.21. The first-order valence-corrected chi connectivity index (χ1v) is 7.85. The van der Waals surface area contributed by atoms with E-state index in [4.69, 9.17) is 0 Å². The van der Waals surface area contributed by atoms with Crippen molar-refractivity contribution in [3.05, 3.63) is 29.3 Å². The Balaban J connectivity index is 2.01. The van der Waals surface area contributed by atoms with Crippen LogP contribution in [0.25, 0.3) is 0 Å². The molecule has 1 unspecified atom stereocenters. The summed E-state index contributed by atoms with van der Waals surface area (Å²) in [6.45, 7) is 6.55. The maximum Gasteiger partial charge on any atom is 0.227 e. The van der Waals surface area contributed by atoms with E-state index in [1.54, 1.807) is 4.90 Å². The maximum absolute atomic E-state index is 12.5. The van der Waals surface area contributed by atoms with Gasteiger partial charge in [-0.1, -0.05) is 24.6 Å². The molecule has 0 saturated carbocycles. The summed E-state index contributed by atoms with van der Waals surface area (Å²) in [6.07, 6.45) is 2.72. The highest BCUT2D eigenvalue weighted by Crippen LogP contribution is 2.43. The molecule has 1 aromatic rings. The van der Waals surface area contributed by atoms with E-state index in [9.17, 15) is 4.79 Å². The summed E-state index contributed by atoms with van der Waals surface area (Å²) in [5.74, 6) is 0.837. The fourth-order valence-corrected chi connectivity index (χ4v) is 3.86. The second-order valence-electron chi connectivity index (χ2n) is 6.45. The predicted molar refractivity (Wildman–Crippen MR) is 81.3 cm³/mol. The van der Waals surface area contributed by atoms with Crippen LogP contribution >= 0.6 is 0 Å². The highest BCUT2D eigenvalue weighted by molar-refractivity contribution is 5.96. The van der Waals surface area contributed by atoms with Gasteiger partial charge in [0.2, 0.25) is 5.91 Å². The van der Waals surface area contributed by atoms with Gasteiger partial charge >= 0.3 is 0 Å². The molecule has 3 rings (SSSR count). The van der Waals surface area contributed by atoms with E-state index in [1.165, 1.54) is 23.4 Å². The topological polar surface area (TPSA) is 24.8 Å². The van der Waals surface area contributed by atoms with E-state index in [1.807, 2.05) is 0 Å². The molecule has 3 atom stereocenters. The van der Waals surface area contributed by atoms with Crippen LogP contribution < -0.4 is 9.80 Å². The van der Waals surface area contributed by atoms with E-state index in [0.717, 1.165) is 19.4 Å². The fourth-order valence-electron chi connectivity index (χ4n) is 3.86. The number of rotatable bonds is 2. The lowest BCUT2D eigenvalue weighted by Crippen LogP contribution is -3.11. The van der Waals surface area contributed by atoms with Crippen molar-refractivity contribution < 1.29 is 9.69 Å². The molecule has 0 aliphatic carbocycles. The average Bonchev–Trinajstić information content (AvgIpc) is 2.72. The molecule has 3 heteroatoms. The Morgan fingerprint density at radius 2 is 2.25 bits per heavy atom. The number of aryl methyl sites for hydroxylation is 1. The van der Waals surface area contributed by atoms with Crippen molar-refractivity contribution in [2.24, 2.45) is 0 Å². The summed E-state index contributed by atoms with van der Waals surface area (Å²) in [7, 11) is 2.27. The van der Waals surface area contributed by atoms with Gasteiger partial charge in [-0.05, 0) is 25.0 Å². The number of likely N-dealkylation sites (N-methyl/N-ethyl adjacent to an activating group) is 1. The molecule has 1 saturated heterocycles. The Hall–Kier alpha value is -1.35. The van der Waals surface area contributed by atoms with Gasteiger partial charge in [0.15, 0.2) is 0 Å². The lowest BCUT2D eigenvalue weighted by Gasteiger charge is -2.34. The van der Waals surface area contributed by atoms with E-state index >= 15 is 0 Å². The fraction of sp³-hybridized carbons (Fsp3) is 0.588. The third kappa shape index (κ3) is 2.14. The molecule has 2 heterocycles. The Kier molecular flexibility index (Phi) is 3.55. The predicted octanol–water partition coefficient (Wildman–Crippen LogP) is 1.51. The Morgan fingerprint density at radius 1 is 1.45 bits per heavy atom. The normalized spacial score (nSPS) is 28.1. The number of carbonyl (C=O) groups excluding carboxylic acids is 1. The summed E-state index contributed by atoms with van der Waals surface area (Å²) in [4.78, 5) is 16.3. The molecule has 3 nitrogen and oxygen atoms in total. The lowest BCUT2D eigenvalue weighted by molar-refractivity contribution is -0.886. The van der Waals surface area contributed by atoms with Gasteiger partial charge in [0.25, 0.3) is 0 Å². The molecule has 2 aliphatic rings. The highest BCUT2D eigenvalue weighted by Gasteiger charge is 2.45. The van der Waals surface area contributed by atoms with Crippen LogP contribution in [0.1, 0.15) is 43.2 Å². The van der Waals surface area contributed by atoms with Crippen molar-refractivity contribution in [1.29, 1.82) is 0 Å². The number of nitrogens with one attached hydrogen (secondary N) is 1. The zero-order valence-corrected chi connectivity index (χ0v) is 12.8. The molecule has 20 heavy (non-hydrogen) atoms. The summed E-state index contributed by atoms with van der Waals surface area (Å²) < 4.78 is 0. The molecular formula is C17H25N2O+. The average molecular weight is 273 g/mol. The number of hydrogen-bond acceptors (Lipinski definition) is 1. The Bertz CT molecular complexity index is 526. The summed E-state index contributed by atoms with van der Waals surface area (Å²) in [5, 5.41) is 0. The minimum Gasteiger partial charge on any atom is -0.337 e. The first-order valence-electron chi connectivity index (χ1n) is 7.85. The van der Waals surface area contributed by atoms with Crippen molar-refractivity contribution >= 4 is 11.6 Å². The molecular weight excluding hydrogens is 248 g/mol. The molecule has 0 spiro atoms. The van der Waals surface area contributed by atoms with Crippen molar-refractivity contribution in [2.45, 2.75) is 45.1 Å². The Morgan fingerprint density at radius 3 is 3.00 bits per heavy atom. The minimum atomic E-state index is 0.310. The van der Waals surface area contributed by atoms with Gasteiger partial charge in [0.1, 0.15) is 0 Å². The van der Waals surface area contributed by atoms with Gasteiger partial charge < -0.3 is 9.80 Å². The number of likely N-dealkylation sites (tertiary alicyclic amines) is 1. The van der Waals surface area contributed by atoms with Crippen LogP contribution in [0.4, 0.5) is 5.69 Å². The van der Waals surface area contributed by atoms with Crippen LogP contribution in [0.2, 0.25) is 0 Å². The van der Waals surface area contributed by atoms with Gasteiger partial charge in [-0.25, -0.2) is 0 Å². The van der Waals surface area contributed by atoms with Gasteiger partial charge in [-0.15, -0.1) is 0 Å².